The maximum absolute atomic E-state index is 9.59. The molecule has 28 heavy (non-hydrogen) atoms. The minimum Gasteiger partial charge on any atom is -0.508 e. The van der Waals surface area contributed by atoms with Gasteiger partial charge in [-0.2, -0.15) is 0 Å². The third-order valence-electron chi connectivity index (χ3n) is 5.12. The molecule has 0 radical (unpaired) electrons. The monoisotopic (exact) mass is 380 g/mol. The average Bonchev–Trinajstić information content (AvgIpc) is 3.23. The van der Waals surface area contributed by atoms with Gasteiger partial charge in [0, 0.05) is 31.9 Å². The van der Waals surface area contributed by atoms with Crippen LogP contribution in [0.25, 0.3) is 0 Å². The van der Waals surface area contributed by atoms with Crippen molar-refractivity contribution in [1.29, 1.82) is 0 Å². The van der Waals surface area contributed by atoms with Crippen LogP contribution in [0.15, 0.2) is 53.5 Å². The second-order valence-corrected chi connectivity index (χ2v) is 7.34. The van der Waals surface area contributed by atoms with Gasteiger partial charge >= 0.3 is 0 Å². The van der Waals surface area contributed by atoms with Crippen LogP contribution in [-0.4, -0.2) is 37.2 Å². The van der Waals surface area contributed by atoms with Gasteiger partial charge in [0.05, 0.1) is 6.04 Å². The molecule has 2 aromatic rings. The minimum atomic E-state index is 0.168. The Balaban J connectivity index is 1.61. The molecule has 5 nitrogen and oxygen atoms in total. The third kappa shape index (κ3) is 5.65. The van der Waals surface area contributed by atoms with Gasteiger partial charge in [-0.3, -0.25) is 4.99 Å². The molecular weight excluding hydrogens is 348 g/mol. The number of benzene rings is 2. The molecule has 1 fully saturated rings. The fourth-order valence-electron chi connectivity index (χ4n) is 3.58. The lowest BCUT2D eigenvalue weighted by Gasteiger charge is -2.22. The zero-order valence-electron chi connectivity index (χ0n) is 17.0. The number of hydrogen-bond acceptors (Lipinski definition) is 3. The zero-order valence-corrected chi connectivity index (χ0v) is 17.0. The van der Waals surface area contributed by atoms with Crippen LogP contribution in [0.4, 0.5) is 5.69 Å². The van der Waals surface area contributed by atoms with Gasteiger partial charge in [0.1, 0.15) is 5.75 Å². The highest BCUT2D eigenvalue weighted by molar-refractivity contribution is 5.80. The van der Waals surface area contributed by atoms with Gasteiger partial charge in [0.15, 0.2) is 5.96 Å². The van der Waals surface area contributed by atoms with E-state index < -0.39 is 0 Å². The van der Waals surface area contributed by atoms with Crippen LogP contribution in [0.3, 0.4) is 0 Å². The first-order chi connectivity index (χ1) is 13.7. The molecule has 0 spiro atoms. The summed E-state index contributed by atoms with van der Waals surface area (Å²) in [5.41, 5.74) is 3.67. The summed E-state index contributed by atoms with van der Waals surface area (Å²) in [4.78, 5) is 7.17. The Kier molecular flexibility index (Phi) is 7.18. The van der Waals surface area contributed by atoms with Gasteiger partial charge in [-0.25, -0.2) is 0 Å². The molecule has 2 aromatic carbocycles. The summed E-state index contributed by atoms with van der Waals surface area (Å²) in [6.45, 7) is 8.04. The molecule has 5 heteroatoms. The fourth-order valence-corrected chi connectivity index (χ4v) is 3.58. The Labute approximate surface area is 168 Å². The second kappa shape index (κ2) is 10.0. The number of hydrogen-bond donors (Lipinski definition) is 3. The molecule has 0 amide bonds. The molecule has 0 saturated carbocycles. The molecule has 3 rings (SSSR count). The largest absolute Gasteiger partial charge is 0.508 e. The average molecular weight is 381 g/mol. The summed E-state index contributed by atoms with van der Waals surface area (Å²) in [6, 6.07) is 16.4. The predicted molar refractivity (Wildman–Crippen MR) is 117 cm³/mol. The Bertz CT molecular complexity index is 784. The number of anilines is 1. The Morgan fingerprint density at radius 3 is 2.68 bits per heavy atom. The van der Waals surface area contributed by atoms with Crippen LogP contribution in [-0.2, 0) is 6.42 Å². The van der Waals surface area contributed by atoms with E-state index in [1.807, 2.05) is 12.1 Å². The van der Waals surface area contributed by atoms with Crippen molar-refractivity contribution in [3.8, 4) is 5.75 Å². The second-order valence-electron chi connectivity index (χ2n) is 7.34. The van der Waals surface area contributed by atoms with E-state index in [0.29, 0.717) is 12.3 Å². The number of guanidine groups is 1. The van der Waals surface area contributed by atoms with Crippen LogP contribution in [0.2, 0.25) is 0 Å². The van der Waals surface area contributed by atoms with Crippen molar-refractivity contribution in [3.63, 3.8) is 0 Å². The highest BCUT2D eigenvalue weighted by atomic mass is 16.3. The standard InChI is InChI=1S/C23H32N4O/c1-3-24-23(25-13-12-19-8-6-11-22(28)16-19)26-18(2)20-9-7-10-21(17-20)27-14-4-5-15-27/h6-11,16-18,28H,3-5,12-15H2,1-2H3,(H2,24,25,26). The smallest absolute Gasteiger partial charge is 0.191 e. The molecule has 1 aliphatic rings. The van der Waals surface area contributed by atoms with Crippen molar-refractivity contribution < 1.29 is 5.11 Å². The van der Waals surface area contributed by atoms with Crippen molar-refractivity contribution in [2.45, 2.75) is 39.2 Å². The number of nitrogens with one attached hydrogen (secondary N) is 2. The lowest BCUT2D eigenvalue weighted by atomic mass is 10.1. The van der Waals surface area contributed by atoms with Crippen LogP contribution in [0.5, 0.6) is 5.75 Å². The number of phenols is 1. The van der Waals surface area contributed by atoms with E-state index in [0.717, 1.165) is 37.6 Å². The number of nitrogens with zero attached hydrogens (tertiary/aromatic N) is 2. The highest BCUT2D eigenvalue weighted by Crippen LogP contribution is 2.24. The maximum Gasteiger partial charge on any atom is 0.191 e. The fraction of sp³-hybridized carbons (Fsp3) is 0.435. The SMILES string of the molecule is CCNC(=NCCc1cccc(O)c1)NC(C)c1cccc(N2CCCC2)c1. The molecule has 1 saturated heterocycles. The molecule has 0 aliphatic carbocycles. The first-order valence-electron chi connectivity index (χ1n) is 10.3. The number of rotatable bonds is 7. The Morgan fingerprint density at radius 1 is 1.14 bits per heavy atom. The lowest BCUT2D eigenvalue weighted by Crippen LogP contribution is -2.39. The van der Waals surface area contributed by atoms with E-state index >= 15 is 0 Å². The number of aromatic hydroxyl groups is 1. The predicted octanol–water partition coefficient (Wildman–Crippen LogP) is 3.85. The van der Waals surface area contributed by atoms with Crippen molar-refractivity contribution >= 4 is 11.6 Å². The lowest BCUT2D eigenvalue weighted by molar-refractivity contribution is 0.474. The number of aliphatic imine (C=N–C) groups is 1. The van der Waals surface area contributed by atoms with Gasteiger partial charge in [-0.05, 0) is 68.5 Å². The maximum atomic E-state index is 9.59. The molecule has 0 aromatic heterocycles. The summed E-state index contributed by atoms with van der Waals surface area (Å²) in [5, 5.41) is 16.4. The van der Waals surface area contributed by atoms with E-state index in [2.05, 4.69) is 53.6 Å². The van der Waals surface area contributed by atoms with Crippen LogP contribution in [0, 0.1) is 0 Å². The topological polar surface area (TPSA) is 59.9 Å². The van der Waals surface area contributed by atoms with E-state index in [-0.39, 0.29) is 6.04 Å². The van der Waals surface area contributed by atoms with Crippen LogP contribution >= 0.6 is 0 Å². The third-order valence-corrected chi connectivity index (χ3v) is 5.12. The van der Waals surface area contributed by atoms with Gasteiger partial charge < -0.3 is 20.6 Å². The van der Waals surface area contributed by atoms with Crippen molar-refractivity contribution in [2.75, 3.05) is 31.1 Å². The molecule has 150 valence electrons. The normalized spacial score (nSPS) is 15.5. The van der Waals surface area contributed by atoms with Gasteiger partial charge in [0.25, 0.3) is 0 Å². The molecule has 1 atom stereocenters. The van der Waals surface area contributed by atoms with Crippen molar-refractivity contribution in [1.82, 2.24) is 10.6 Å². The van der Waals surface area contributed by atoms with Crippen LogP contribution in [0.1, 0.15) is 43.9 Å². The summed E-state index contributed by atoms with van der Waals surface area (Å²) in [6.07, 6.45) is 3.37. The van der Waals surface area contributed by atoms with Crippen molar-refractivity contribution in [3.05, 3.63) is 59.7 Å². The quantitative estimate of drug-likeness (QED) is 0.504. The first-order valence-corrected chi connectivity index (χ1v) is 10.3. The minimum absolute atomic E-state index is 0.168. The Hall–Kier alpha value is -2.69. The molecule has 1 heterocycles. The molecule has 0 bridgehead atoms. The highest BCUT2D eigenvalue weighted by Gasteiger charge is 2.14. The van der Waals surface area contributed by atoms with E-state index in [1.165, 1.54) is 24.1 Å². The first kappa shape index (κ1) is 20.1. The molecular formula is C23H32N4O. The van der Waals surface area contributed by atoms with E-state index in [4.69, 9.17) is 4.99 Å². The summed E-state index contributed by atoms with van der Waals surface area (Å²) in [7, 11) is 0. The van der Waals surface area contributed by atoms with Gasteiger partial charge in [-0.15, -0.1) is 0 Å². The summed E-state index contributed by atoms with van der Waals surface area (Å²) in [5.74, 6) is 1.12. The Morgan fingerprint density at radius 2 is 1.93 bits per heavy atom. The number of phenolic OH excluding ortho intramolecular Hbond substituents is 1. The van der Waals surface area contributed by atoms with Gasteiger partial charge in [-0.1, -0.05) is 24.3 Å². The van der Waals surface area contributed by atoms with Crippen molar-refractivity contribution in [2.24, 2.45) is 4.99 Å². The molecule has 1 aliphatic heterocycles. The molecule has 1 unspecified atom stereocenters. The van der Waals surface area contributed by atoms with Crippen LogP contribution < -0.4 is 15.5 Å². The van der Waals surface area contributed by atoms with E-state index in [9.17, 15) is 5.11 Å². The summed E-state index contributed by atoms with van der Waals surface area (Å²) < 4.78 is 0. The van der Waals surface area contributed by atoms with Gasteiger partial charge in [0.2, 0.25) is 0 Å². The van der Waals surface area contributed by atoms with E-state index in [1.54, 1.807) is 12.1 Å². The molecule has 3 N–H and O–H groups in total. The zero-order chi connectivity index (χ0) is 19.8. The summed E-state index contributed by atoms with van der Waals surface area (Å²) >= 11 is 0.